The van der Waals surface area contributed by atoms with Crippen LogP contribution in [0.4, 0.5) is 0 Å². The van der Waals surface area contributed by atoms with Gasteiger partial charge < -0.3 is 4.74 Å². The highest BCUT2D eigenvalue weighted by molar-refractivity contribution is 14.1. The molecule has 6 atom stereocenters. The molecule has 1 unspecified atom stereocenters. The number of hydrogen-bond donors (Lipinski definition) is 0. The first-order chi connectivity index (χ1) is 11.3. The minimum absolute atomic E-state index is 0.103. The summed E-state index contributed by atoms with van der Waals surface area (Å²) in [4.78, 5) is 11.5. The fraction of sp³-hybridized carbons (Fsp3) is 0.762. The molecule has 0 amide bonds. The number of carbonyl (C=O) groups is 1. The zero-order valence-corrected chi connectivity index (χ0v) is 17.3. The zero-order valence-electron chi connectivity index (χ0n) is 15.1. The Labute approximate surface area is 159 Å². The van der Waals surface area contributed by atoms with Crippen LogP contribution < -0.4 is 0 Å². The molecule has 3 heteroatoms. The Morgan fingerprint density at radius 1 is 1.21 bits per heavy atom. The smallest absolute Gasteiger partial charge is 0.302 e. The summed E-state index contributed by atoms with van der Waals surface area (Å²) in [6.07, 6.45) is 13.8. The first kappa shape index (κ1) is 17.1. The Balaban J connectivity index is 1.64. The Hall–Kier alpha value is -0.320. The Bertz CT molecular complexity index is 621. The molecule has 24 heavy (non-hydrogen) atoms. The summed E-state index contributed by atoms with van der Waals surface area (Å²) in [6.45, 7) is 6.49. The summed E-state index contributed by atoms with van der Waals surface area (Å²) in [5.74, 6) is 2.21. The van der Waals surface area contributed by atoms with Crippen molar-refractivity contribution in [3.05, 3.63) is 21.3 Å². The van der Waals surface area contributed by atoms with E-state index in [1.165, 1.54) is 42.1 Å². The number of ether oxygens (including phenoxy) is 1. The lowest BCUT2D eigenvalue weighted by molar-refractivity contribution is -0.156. The molecule has 132 valence electrons. The predicted octanol–water partition coefficient (Wildman–Crippen LogP) is 5.81. The van der Waals surface area contributed by atoms with Gasteiger partial charge in [0.1, 0.15) is 6.10 Å². The number of allylic oxidation sites excluding steroid dienone is 4. The molecule has 0 radical (unpaired) electrons. The molecule has 0 heterocycles. The van der Waals surface area contributed by atoms with Crippen molar-refractivity contribution in [3.8, 4) is 0 Å². The first-order valence-electron chi connectivity index (χ1n) is 9.58. The zero-order chi connectivity index (χ0) is 17.1. The van der Waals surface area contributed by atoms with E-state index in [1.807, 2.05) is 0 Å². The van der Waals surface area contributed by atoms with Crippen LogP contribution in [0.25, 0.3) is 0 Å². The second kappa shape index (κ2) is 5.85. The van der Waals surface area contributed by atoms with Gasteiger partial charge in [0.05, 0.1) is 0 Å². The number of esters is 1. The number of carbonyl (C=O) groups excluding carboxylic acids is 1. The van der Waals surface area contributed by atoms with Crippen LogP contribution in [0.3, 0.4) is 0 Å². The quantitative estimate of drug-likeness (QED) is 0.380. The van der Waals surface area contributed by atoms with Gasteiger partial charge >= 0.3 is 5.97 Å². The summed E-state index contributed by atoms with van der Waals surface area (Å²) >= 11 is 2.51. The van der Waals surface area contributed by atoms with Gasteiger partial charge in [-0.3, -0.25) is 4.79 Å². The second-order valence-electron chi connectivity index (χ2n) is 9.00. The highest BCUT2D eigenvalue weighted by atomic mass is 127. The molecule has 2 saturated carbocycles. The average molecular weight is 440 g/mol. The van der Waals surface area contributed by atoms with Crippen LogP contribution in [0.1, 0.15) is 65.7 Å². The molecule has 4 rings (SSSR count). The number of halogens is 1. The maximum atomic E-state index is 11.5. The third kappa shape index (κ3) is 2.44. The van der Waals surface area contributed by atoms with E-state index in [9.17, 15) is 4.79 Å². The molecule has 2 fully saturated rings. The van der Waals surface area contributed by atoms with Crippen molar-refractivity contribution in [2.24, 2.45) is 28.6 Å². The molecule has 0 saturated heterocycles. The molecule has 0 aromatic carbocycles. The summed E-state index contributed by atoms with van der Waals surface area (Å²) in [6, 6.07) is 0. The van der Waals surface area contributed by atoms with Crippen molar-refractivity contribution in [1.82, 2.24) is 0 Å². The van der Waals surface area contributed by atoms with Crippen molar-refractivity contribution in [1.29, 1.82) is 0 Å². The van der Waals surface area contributed by atoms with Gasteiger partial charge in [-0.2, -0.15) is 0 Å². The van der Waals surface area contributed by atoms with Crippen LogP contribution in [0.5, 0.6) is 0 Å². The van der Waals surface area contributed by atoms with Gasteiger partial charge in [-0.15, -0.1) is 0 Å². The molecule has 0 N–H and O–H groups in total. The molecule has 4 aliphatic rings. The van der Waals surface area contributed by atoms with Gasteiger partial charge in [-0.1, -0.05) is 19.9 Å². The highest BCUT2D eigenvalue weighted by Gasteiger charge is 2.59. The molecule has 0 bridgehead atoms. The minimum Gasteiger partial charge on any atom is -0.462 e. The van der Waals surface area contributed by atoms with Crippen molar-refractivity contribution < 1.29 is 9.53 Å². The molecule has 2 nitrogen and oxygen atoms in total. The molecule has 0 spiro atoms. The van der Waals surface area contributed by atoms with Gasteiger partial charge in [0.25, 0.3) is 0 Å². The van der Waals surface area contributed by atoms with E-state index in [1.54, 1.807) is 12.5 Å². The fourth-order valence-corrected chi connectivity index (χ4v) is 7.24. The largest absolute Gasteiger partial charge is 0.462 e. The molecule has 0 aromatic heterocycles. The molecule has 0 aromatic rings. The van der Waals surface area contributed by atoms with Crippen LogP contribution in [-0.4, -0.2) is 12.1 Å². The third-order valence-corrected chi connectivity index (χ3v) is 8.79. The standard InChI is InChI=1S/C21H29IO2/c1-13(23)24-19-7-6-17-16-5-4-14-12-15(22)8-10-20(14,2)18(16)9-11-21(17,19)3/h4,12,16-19H,5-11H2,1-3H3/t16-,17-,18-,19?,20-,21-/m0/s1. The minimum atomic E-state index is -0.103. The van der Waals surface area contributed by atoms with E-state index >= 15 is 0 Å². The second-order valence-corrected chi connectivity index (χ2v) is 10.4. The van der Waals surface area contributed by atoms with Gasteiger partial charge in [0.15, 0.2) is 0 Å². The lowest BCUT2D eigenvalue weighted by atomic mass is 9.49. The van der Waals surface area contributed by atoms with Crippen LogP contribution in [0, 0.1) is 28.6 Å². The maximum Gasteiger partial charge on any atom is 0.302 e. The lowest BCUT2D eigenvalue weighted by Crippen LogP contribution is -2.50. The molecule has 0 aliphatic heterocycles. The highest BCUT2D eigenvalue weighted by Crippen LogP contribution is 2.65. The van der Waals surface area contributed by atoms with Crippen LogP contribution in [0.15, 0.2) is 21.3 Å². The van der Waals surface area contributed by atoms with Gasteiger partial charge in [-0.05, 0) is 106 Å². The number of fused-ring (bicyclic) bond motifs is 5. The summed E-state index contributed by atoms with van der Waals surface area (Å²) in [7, 11) is 0. The van der Waals surface area contributed by atoms with Crippen molar-refractivity contribution in [2.45, 2.75) is 71.8 Å². The van der Waals surface area contributed by atoms with E-state index in [0.29, 0.717) is 5.41 Å². The predicted molar refractivity (Wildman–Crippen MR) is 105 cm³/mol. The lowest BCUT2D eigenvalue weighted by Gasteiger charge is -2.56. The normalized spacial score (nSPS) is 47.0. The van der Waals surface area contributed by atoms with E-state index < -0.39 is 0 Å². The van der Waals surface area contributed by atoms with Crippen molar-refractivity contribution >= 4 is 28.6 Å². The average Bonchev–Trinajstić information content (AvgIpc) is 2.84. The van der Waals surface area contributed by atoms with Crippen molar-refractivity contribution in [2.75, 3.05) is 0 Å². The van der Waals surface area contributed by atoms with Crippen LogP contribution >= 0.6 is 22.6 Å². The maximum absolute atomic E-state index is 11.5. The fourth-order valence-electron chi connectivity index (χ4n) is 6.64. The third-order valence-electron chi connectivity index (χ3n) is 7.94. The van der Waals surface area contributed by atoms with E-state index in [4.69, 9.17) is 4.74 Å². The Morgan fingerprint density at radius 3 is 2.75 bits per heavy atom. The Morgan fingerprint density at radius 2 is 2.00 bits per heavy atom. The summed E-state index contributed by atoms with van der Waals surface area (Å²) in [5, 5.41) is 0. The summed E-state index contributed by atoms with van der Waals surface area (Å²) in [5.41, 5.74) is 2.18. The van der Waals surface area contributed by atoms with E-state index in [2.05, 4.69) is 48.6 Å². The molecule has 4 aliphatic carbocycles. The van der Waals surface area contributed by atoms with Crippen LogP contribution in [0.2, 0.25) is 0 Å². The molecular weight excluding hydrogens is 411 g/mol. The van der Waals surface area contributed by atoms with Gasteiger partial charge in [0.2, 0.25) is 0 Å². The Kier molecular flexibility index (Phi) is 4.17. The van der Waals surface area contributed by atoms with Crippen molar-refractivity contribution in [3.63, 3.8) is 0 Å². The summed E-state index contributed by atoms with van der Waals surface area (Å²) < 4.78 is 7.26. The first-order valence-corrected chi connectivity index (χ1v) is 10.7. The topological polar surface area (TPSA) is 26.3 Å². The van der Waals surface area contributed by atoms with E-state index in [-0.39, 0.29) is 17.5 Å². The van der Waals surface area contributed by atoms with E-state index in [0.717, 1.165) is 24.2 Å². The van der Waals surface area contributed by atoms with Gasteiger partial charge in [-0.25, -0.2) is 0 Å². The SMILES string of the molecule is CC(=O)OC1CC[C@H]2[C@@H]3CC=C4C=C(I)CC[C@]4(C)[C@H]3CC[C@]12C. The molecular formula is C21H29IO2. The number of hydrogen-bond acceptors (Lipinski definition) is 2. The van der Waals surface area contributed by atoms with Gasteiger partial charge in [0, 0.05) is 12.3 Å². The monoisotopic (exact) mass is 440 g/mol. The van der Waals surface area contributed by atoms with Crippen LogP contribution in [-0.2, 0) is 9.53 Å². The number of rotatable bonds is 1.